The fourth-order valence-corrected chi connectivity index (χ4v) is 3.16. The van der Waals surface area contributed by atoms with E-state index in [-0.39, 0.29) is 19.1 Å². The fraction of sp³-hybridized carbons (Fsp3) is 0.867. The van der Waals surface area contributed by atoms with Crippen molar-refractivity contribution in [1.29, 1.82) is 0 Å². The monoisotopic (exact) mass is 298 g/mol. The number of carbonyl (C=O) groups is 2. The zero-order chi connectivity index (χ0) is 15.5. The Balaban J connectivity index is 1.85. The number of hydrogen-bond acceptors (Lipinski definition) is 4. The maximum atomic E-state index is 12.2. The predicted octanol–water partition coefficient (Wildman–Crippen LogP) is 0.618. The van der Waals surface area contributed by atoms with Crippen LogP contribution in [-0.4, -0.2) is 49.3 Å². The summed E-state index contributed by atoms with van der Waals surface area (Å²) in [4.78, 5) is 23.5. The molecule has 2 aliphatic heterocycles. The minimum atomic E-state index is -1.02. The first-order valence-corrected chi connectivity index (χ1v) is 7.74. The first-order valence-electron chi connectivity index (χ1n) is 7.74. The number of ether oxygens (including phenoxy) is 1. The van der Waals surface area contributed by atoms with E-state index in [9.17, 15) is 14.7 Å². The highest BCUT2D eigenvalue weighted by atomic mass is 16.5. The van der Waals surface area contributed by atoms with E-state index >= 15 is 0 Å². The smallest absolute Gasteiger partial charge is 0.313 e. The van der Waals surface area contributed by atoms with Gasteiger partial charge in [0.15, 0.2) is 0 Å². The minimum Gasteiger partial charge on any atom is -0.481 e. The number of aliphatic carboxylic acids is 1. The molecule has 2 saturated heterocycles. The lowest BCUT2D eigenvalue weighted by Crippen LogP contribution is -2.50. The molecule has 0 bridgehead atoms. The van der Waals surface area contributed by atoms with Crippen molar-refractivity contribution < 1.29 is 19.4 Å². The molecule has 2 aliphatic rings. The van der Waals surface area contributed by atoms with Crippen LogP contribution in [0.4, 0.5) is 0 Å². The standard InChI is InChI=1S/C15H26N2O4/c1-10(11-4-3-5-16-7-11)6-13(18)17-12-8-21-9-15(12,2)14(19)20/h10-12,16H,3-9H2,1-2H3,(H,17,18)(H,19,20). The van der Waals surface area contributed by atoms with Gasteiger partial charge in [0.2, 0.25) is 5.91 Å². The second kappa shape index (κ2) is 6.75. The summed E-state index contributed by atoms with van der Waals surface area (Å²) in [7, 11) is 0. The van der Waals surface area contributed by atoms with Gasteiger partial charge in [-0.25, -0.2) is 0 Å². The number of carboxylic acids is 1. The average molecular weight is 298 g/mol. The lowest BCUT2D eigenvalue weighted by atomic mass is 9.83. The van der Waals surface area contributed by atoms with Gasteiger partial charge in [-0.15, -0.1) is 0 Å². The number of hydrogen-bond donors (Lipinski definition) is 3. The van der Waals surface area contributed by atoms with E-state index in [1.165, 1.54) is 0 Å². The Hall–Kier alpha value is -1.14. The molecule has 0 spiro atoms. The molecule has 0 saturated carbocycles. The summed E-state index contributed by atoms with van der Waals surface area (Å²) in [6.07, 6.45) is 2.75. The van der Waals surface area contributed by atoms with E-state index in [0.29, 0.717) is 18.3 Å². The first kappa shape index (κ1) is 16.2. The Labute approximate surface area is 125 Å². The average Bonchev–Trinajstić information content (AvgIpc) is 2.82. The maximum Gasteiger partial charge on any atom is 0.313 e. The van der Waals surface area contributed by atoms with Crippen molar-refractivity contribution in [3.8, 4) is 0 Å². The molecule has 3 N–H and O–H groups in total. The molecular formula is C15H26N2O4. The Morgan fingerprint density at radius 2 is 2.29 bits per heavy atom. The Morgan fingerprint density at radius 1 is 1.52 bits per heavy atom. The second-order valence-corrected chi connectivity index (χ2v) is 6.65. The molecular weight excluding hydrogens is 272 g/mol. The summed E-state index contributed by atoms with van der Waals surface area (Å²) in [6, 6.07) is -0.445. The summed E-state index contributed by atoms with van der Waals surface area (Å²) in [6.45, 7) is 6.17. The van der Waals surface area contributed by atoms with E-state index < -0.39 is 17.4 Å². The van der Waals surface area contributed by atoms with Crippen LogP contribution < -0.4 is 10.6 Å². The Morgan fingerprint density at radius 3 is 2.90 bits per heavy atom. The van der Waals surface area contributed by atoms with Crippen LogP contribution in [-0.2, 0) is 14.3 Å². The number of rotatable bonds is 5. The summed E-state index contributed by atoms with van der Waals surface area (Å²) < 4.78 is 5.25. The SMILES string of the molecule is CC(CC(=O)NC1COCC1(C)C(=O)O)C1CCCNC1. The highest BCUT2D eigenvalue weighted by Crippen LogP contribution is 2.29. The highest BCUT2D eigenvalue weighted by molar-refractivity contribution is 5.80. The molecule has 120 valence electrons. The molecule has 2 heterocycles. The van der Waals surface area contributed by atoms with Gasteiger partial charge in [0.05, 0.1) is 19.3 Å². The molecule has 0 aromatic heterocycles. The molecule has 6 nitrogen and oxygen atoms in total. The van der Waals surface area contributed by atoms with Crippen LogP contribution in [0, 0.1) is 17.3 Å². The van der Waals surface area contributed by atoms with Gasteiger partial charge in [-0.1, -0.05) is 6.92 Å². The van der Waals surface area contributed by atoms with E-state index in [1.54, 1.807) is 6.92 Å². The summed E-state index contributed by atoms with van der Waals surface area (Å²) in [5.74, 6) is -0.169. The van der Waals surface area contributed by atoms with Gasteiger partial charge < -0.3 is 20.5 Å². The normalized spacial score (nSPS) is 34.4. The molecule has 2 fully saturated rings. The van der Waals surface area contributed by atoms with Gasteiger partial charge in [-0.3, -0.25) is 9.59 Å². The van der Waals surface area contributed by atoms with Gasteiger partial charge in [0, 0.05) is 6.42 Å². The van der Waals surface area contributed by atoms with Crippen molar-refractivity contribution in [1.82, 2.24) is 10.6 Å². The fourth-order valence-electron chi connectivity index (χ4n) is 3.16. The van der Waals surface area contributed by atoms with E-state index in [4.69, 9.17) is 4.74 Å². The number of carboxylic acid groups (broad SMARTS) is 1. The summed E-state index contributed by atoms with van der Waals surface area (Å²) in [5.41, 5.74) is -1.02. The van der Waals surface area contributed by atoms with Gasteiger partial charge >= 0.3 is 5.97 Å². The minimum absolute atomic E-state index is 0.0731. The number of amides is 1. The third-order valence-electron chi connectivity index (χ3n) is 4.93. The van der Waals surface area contributed by atoms with E-state index in [0.717, 1.165) is 25.9 Å². The number of carbonyl (C=O) groups excluding carboxylic acids is 1. The molecule has 4 atom stereocenters. The van der Waals surface area contributed by atoms with Crippen molar-refractivity contribution in [2.24, 2.45) is 17.3 Å². The van der Waals surface area contributed by atoms with Gasteiger partial charge in [-0.2, -0.15) is 0 Å². The van der Waals surface area contributed by atoms with Gasteiger partial charge in [-0.05, 0) is 44.7 Å². The van der Waals surface area contributed by atoms with Crippen molar-refractivity contribution in [3.05, 3.63) is 0 Å². The topological polar surface area (TPSA) is 87.7 Å². The molecule has 21 heavy (non-hydrogen) atoms. The van der Waals surface area contributed by atoms with Crippen molar-refractivity contribution in [3.63, 3.8) is 0 Å². The Kier molecular flexibility index (Phi) is 5.22. The third kappa shape index (κ3) is 3.74. The van der Waals surface area contributed by atoms with E-state index in [1.807, 2.05) is 0 Å². The number of nitrogens with one attached hydrogen (secondary N) is 2. The molecule has 0 aromatic carbocycles. The zero-order valence-corrected chi connectivity index (χ0v) is 12.9. The number of piperidine rings is 1. The lowest BCUT2D eigenvalue weighted by Gasteiger charge is -2.29. The molecule has 1 amide bonds. The van der Waals surface area contributed by atoms with Crippen LogP contribution in [0.1, 0.15) is 33.1 Å². The van der Waals surface area contributed by atoms with Crippen LogP contribution in [0.25, 0.3) is 0 Å². The van der Waals surface area contributed by atoms with Gasteiger partial charge in [0.1, 0.15) is 5.41 Å². The lowest BCUT2D eigenvalue weighted by molar-refractivity contribution is -0.149. The largest absolute Gasteiger partial charge is 0.481 e. The van der Waals surface area contributed by atoms with Crippen molar-refractivity contribution in [2.45, 2.75) is 39.2 Å². The van der Waals surface area contributed by atoms with Crippen molar-refractivity contribution in [2.75, 3.05) is 26.3 Å². The second-order valence-electron chi connectivity index (χ2n) is 6.65. The van der Waals surface area contributed by atoms with Crippen LogP contribution >= 0.6 is 0 Å². The van der Waals surface area contributed by atoms with Gasteiger partial charge in [0.25, 0.3) is 0 Å². The van der Waals surface area contributed by atoms with Crippen LogP contribution in [0.2, 0.25) is 0 Å². The van der Waals surface area contributed by atoms with Crippen LogP contribution in [0.3, 0.4) is 0 Å². The third-order valence-corrected chi connectivity index (χ3v) is 4.93. The molecule has 0 radical (unpaired) electrons. The molecule has 6 heteroatoms. The predicted molar refractivity (Wildman–Crippen MR) is 77.9 cm³/mol. The highest BCUT2D eigenvalue weighted by Gasteiger charge is 2.47. The molecule has 4 unspecified atom stereocenters. The van der Waals surface area contributed by atoms with Crippen molar-refractivity contribution >= 4 is 11.9 Å². The zero-order valence-electron chi connectivity index (χ0n) is 12.9. The molecule has 0 aliphatic carbocycles. The quantitative estimate of drug-likeness (QED) is 0.692. The summed E-state index contributed by atoms with van der Waals surface area (Å²) in [5, 5.41) is 15.5. The summed E-state index contributed by atoms with van der Waals surface area (Å²) >= 11 is 0. The maximum absolute atomic E-state index is 12.2. The van der Waals surface area contributed by atoms with Crippen LogP contribution in [0.15, 0.2) is 0 Å². The molecule has 0 aromatic rings. The first-order chi connectivity index (χ1) is 9.93. The van der Waals surface area contributed by atoms with Crippen LogP contribution in [0.5, 0.6) is 0 Å². The van der Waals surface area contributed by atoms with E-state index in [2.05, 4.69) is 17.6 Å². The Bertz CT molecular complexity index is 395. The molecule has 2 rings (SSSR count).